The highest BCUT2D eigenvalue weighted by Gasteiger charge is 2.18. The third-order valence-electron chi connectivity index (χ3n) is 3.58. The summed E-state index contributed by atoms with van der Waals surface area (Å²) < 4.78 is 4.95. The SMILES string of the molecule is COc1cc(C(=O)NCCC2CCCN2)ccc1[N+](=O)[O-]. The maximum absolute atomic E-state index is 12.0. The van der Waals surface area contributed by atoms with Crippen molar-refractivity contribution < 1.29 is 14.5 Å². The lowest BCUT2D eigenvalue weighted by Crippen LogP contribution is -2.30. The van der Waals surface area contributed by atoms with E-state index in [-0.39, 0.29) is 17.3 Å². The van der Waals surface area contributed by atoms with Crippen molar-refractivity contribution in [3.8, 4) is 5.75 Å². The molecule has 1 unspecified atom stereocenters. The zero-order chi connectivity index (χ0) is 15.2. The summed E-state index contributed by atoms with van der Waals surface area (Å²) in [6, 6.07) is 4.58. The van der Waals surface area contributed by atoms with E-state index in [0.717, 1.165) is 19.4 Å². The van der Waals surface area contributed by atoms with E-state index in [1.807, 2.05) is 0 Å². The summed E-state index contributed by atoms with van der Waals surface area (Å²) in [4.78, 5) is 22.3. The molecule has 0 spiro atoms. The van der Waals surface area contributed by atoms with Crippen LogP contribution in [0.3, 0.4) is 0 Å². The molecule has 0 saturated carbocycles. The Morgan fingerprint density at radius 1 is 1.57 bits per heavy atom. The summed E-state index contributed by atoms with van der Waals surface area (Å²) in [5.41, 5.74) is 0.209. The van der Waals surface area contributed by atoms with Crippen molar-refractivity contribution in [3.05, 3.63) is 33.9 Å². The van der Waals surface area contributed by atoms with Gasteiger partial charge in [0.1, 0.15) is 0 Å². The second-order valence-corrected chi connectivity index (χ2v) is 4.98. The van der Waals surface area contributed by atoms with Gasteiger partial charge < -0.3 is 15.4 Å². The van der Waals surface area contributed by atoms with Gasteiger partial charge in [-0.1, -0.05) is 0 Å². The van der Waals surface area contributed by atoms with Crippen LogP contribution in [-0.2, 0) is 0 Å². The van der Waals surface area contributed by atoms with Gasteiger partial charge in [0.05, 0.1) is 12.0 Å². The highest BCUT2D eigenvalue weighted by atomic mass is 16.6. The Hall–Kier alpha value is -2.15. The van der Waals surface area contributed by atoms with Crippen LogP contribution in [0.5, 0.6) is 5.75 Å². The normalized spacial score (nSPS) is 17.5. The molecule has 1 fully saturated rings. The molecule has 1 heterocycles. The Morgan fingerprint density at radius 3 is 3.00 bits per heavy atom. The molecule has 114 valence electrons. The van der Waals surface area contributed by atoms with Gasteiger partial charge in [0.15, 0.2) is 5.75 Å². The van der Waals surface area contributed by atoms with Crippen LogP contribution in [-0.4, -0.2) is 37.1 Å². The maximum Gasteiger partial charge on any atom is 0.310 e. The summed E-state index contributed by atoms with van der Waals surface area (Å²) >= 11 is 0. The largest absolute Gasteiger partial charge is 0.490 e. The molecule has 1 aromatic rings. The van der Waals surface area contributed by atoms with Gasteiger partial charge in [-0.05, 0) is 31.9 Å². The number of amides is 1. The zero-order valence-electron chi connectivity index (χ0n) is 11.9. The second-order valence-electron chi connectivity index (χ2n) is 4.98. The van der Waals surface area contributed by atoms with Crippen molar-refractivity contribution in [2.45, 2.75) is 25.3 Å². The predicted molar refractivity (Wildman–Crippen MR) is 77.6 cm³/mol. The Morgan fingerprint density at radius 2 is 2.38 bits per heavy atom. The molecule has 0 aliphatic carbocycles. The monoisotopic (exact) mass is 293 g/mol. The molecule has 1 aromatic carbocycles. The third kappa shape index (κ3) is 3.91. The molecule has 1 amide bonds. The van der Waals surface area contributed by atoms with Gasteiger partial charge >= 0.3 is 5.69 Å². The molecule has 1 saturated heterocycles. The minimum atomic E-state index is -0.535. The van der Waals surface area contributed by atoms with Crippen molar-refractivity contribution >= 4 is 11.6 Å². The number of benzene rings is 1. The van der Waals surface area contributed by atoms with E-state index in [1.54, 1.807) is 0 Å². The number of nitrogens with zero attached hydrogens (tertiary/aromatic N) is 1. The summed E-state index contributed by atoms with van der Waals surface area (Å²) in [6.45, 7) is 1.62. The first-order valence-electron chi connectivity index (χ1n) is 6.96. The first-order valence-corrected chi connectivity index (χ1v) is 6.96. The number of carbonyl (C=O) groups is 1. The van der Waals surface area contributed by atoms with Gasteiger partial charge in [0.2, 0.25) is 0 Å². The standard InChI is InChI=1S/C14H19N3O4/c1-21-13-9-10(4-5-12(13)17(19)20)14(18)16-8-6-11-3-2-7-15-11/h4-5,9,11,15H,2-3,6-8H2,1H3,(H,16,18). The number of nitrogens with one attached hydrogen (secondary N) is 2. The number of ether oxygens (including phenoxy) is 1. The lowest BCUT2D eigenvalue weighted by Gasteiger charge is -2.11. The van der Waals surface area contributed by atoms with Crippen molar-refractivity contribution in [1.29, 1.82) is 0 Å². The highest BCUT2D eigenvalue weighted by Crippen LogP contribution is 2.27. The van der Waals surface area contributed by atoms with Crippen LogP contribution < -0.4 is 15.4 Å². The first kappa shape index (κ1) is 15.2. The molecule has 0 aromatic heterocycles. The highest BCUT2D eigenvalue weighted by molar-refractivity contribution is 5.95. The number of rotatable bonds is 6. The fourth-order valence-corrected chi connectivity index (χ4v) is 2.43. The second kappa shape index (κ2) is 7.03. The van der Waals surface area contributed by atoms with E-state index in [0.29, 0.717) is 18.2 Å². The van der Waals surface area contributed by atoms with Crippen LogP contribution >= 0.6 is 0 Å². The molecule has 21 heavy (non-hydrogen) atoms. The van der Waals surface area contributed by atoms with Crippen LogP contribution in [0.4, 0.5) is 5.69 Å². The van der Waals surface area contributed by atoms with Gasteiger partial charge in [-0.2, -0.15) is 0 Å². The van der Waals surface area contributed by atoms with E-state index in [2.05, 4.69) is 10.6 Å². The van der Waals surface area contributed by atoms with Crippen LogP contribution in [0, 0.1) is 10.1 Å². The Labute approximate surface area is 122 Å². The van der Waals surface area contributed by atoms with Gasteiger partial charge in [0, 0.05) is 30.3 Å². The van der Waals surface area contributed by atoms with Gasteiger partial charge in [-0.3, -0.25) is 14.9 Å². The predicted octanol–water partition coefficient (Wildman–Crippen LogP) is 1.48. The van der Waals surface area contributed by atoms with E-state index in [9.17, 15) is 14.9 Å². The van der Waals surface area contributed by atoms with E-state index >= 15 is 0 Å². The third-order valence-corrected chi connectivity index (χ3v) is 3.58. The van der Waals surface area contributed by atoms with Gasteiger partial charge in [-0.25, -0.2) is 0 Å². The fraction of sp³-hybridized carbons (Fsp3) is 0.500. The van der Waals surface area contributed by atoms with Crippen LogP contribution in [0.2, 0.25) is 0 Å². The zero-order valence-corrected chi connectivity index (χ0v) is 11.9. The number of methoxy groups -OCH3 is 1. The minimum Gasteiger partial charge on any atom is -0.490 e. The Balaban J connectivity index is 1.93. The van der Waals surface area contributed by atoms with Crippen molar-refractivity contribution in [2.75, 3.05) is 20.2 Å². The smallest absolute Gasteiger partial charge is 0.310 e. The van der Waals surface area contributed by atoms with E-state index < -0.39 is 4.92 Å². The lowest BCUT2D eigenvalue weighted by atomic mass is 10.1. The lowest BCUT2D eigenvalue weighted by molar-refractivity contribution is -0.385. The average Bonchev–Trinajstić information content (AvgIpc) is 2.99. The maximum atomic E-state index is 12.0. The molecule has 2 N–H and O–H groups in total. The van der Waals surface area contributed by atoms with Crippen molar-refractivity contribution in [3.63, 3.8) is 0 Å². The number of nitro benzene ring substituents is 1. The van der Waals surface area contributed by atoms with Crippen LogP contribution in [0.1, 0.15) is 29.6 Å². The summed E-state index contributed by atoms with van der Waals surface area (Å²) in [6.07, 6.45) is 3.20. The molecular weight excluding hydrogens is 274 g/mol. The molecule has 1 atom stereocenters. The molecule has 0 bridgehead atoms. The summed E-state index contributed by atoms with van der Waals surface area (Å²) in [5.74, 6) is -0.161. The number of nitro groups is 1. The van der Waals surface area contributed by atoms with Gasteiger partial charge in [0.25, 0.3) is 5.91 Å². The molecule has 7 heteroatoms. The Kier molecular flexibility index (Phi) is 5.10. The molecule has 1 aliphatic rings. The van der Waals surface area contributed by atoms with E-state index in [4.69, 9.17) is 4.74 Å². The quantitative estimate of drug-likeness (QED) is 0.612. The first-order chi connectivity index (χ1) is 10.1. The van der Waals surface area contributed by atoms with Crippen LogP contribution in [0.25, 0.3) is 0 Å². The number of hydrogen-bond donors (Lipinski definition) is 2. The van der Waals surface area contributed by atoms with Gasteiger partial charge in [-0.15, -0.1) is 0 Å². The molecular formula is C14H19N3O4. The Bertz CT molecular complexity index is 527. The molecule has 0 radical (unpaired) electrons. The molecule has 2 rings (SSSR count). The summed E-state index contributed by atoms with van der Waals surface area (Å²) in [7, 11) is 1.34. The molecule has 7 nitrogen and oxygen atoms in total. The minimum absolute atomic E-state index is 0.0881. The number of carbonyl (C=O) groups excluding carboxylic acids is 1. The summed E-state index contributed by atoms with van der Waals surface area (Å²) in [5, 5.41) is 17.0. The van der Waals surface area contributed by atoms with E-state index in [1.165, 1.54) is 31.7 Å². The fourth-order valence-electron chi connectivity index (χ4n) is 2.43. The molecule has 1 aliphatic heterocycles. The topological polar surface area (TPSA) is 93.5 Å². The van der Waals surface area contributed by atoms with Crippen molar-refractivity contribution in [1.82, 2.24) is 10.6 Å². The number of hydrogen-bond acceptors (Lipinski definition) is 5. The van der Waals surface area contributed by atoms with Crippen LogP contribution in [0.15, 0.2) is 18.2 Å². The van der Waals surface area contributed by atoms with Crippen molar-refractivity contribution in [2.24, 2.45) is 0 Å². The average molecular weight is 293 g/mol.